The number of amides is 2. The maximum Gasteiger partial charge on any atom is 0.307 e. The molecule has 0 radical (unpaired) electrons. The van der Waals surface area contributed by atoms with E-state index in [2.05, 4.69) is 26.2 Å². The highest BCUT2D eigenvalue weighted by molar-refractivity contribution is 6.30. The minimum Gasteiger partial charge on any atom is -0.481 e. The highest BCUT2D eigenvalue weighted by Gasteiger charge is 2.22. The number of carbonyl (C=O) groups excluding carboxylic acids is 2. The molecular formula is C27H25ClN6O4. The van der Waals surface area contributed by atoms with E-state index in [4.69, 9.17) is 16.7 Å². The average Bonchev–Trinajstić information content (AvgIpc) is 3.43. The van der Waals surface area contributed by atoms with Crippen LogP contribution in [0.5, 0.6) is 0 Å². The standard InChI is InChI=1S/C27H25ClN6O4/c28-21-9-12-24(34-17-29-32-33-34)20(16-21)8-13-25(35)31-23(14-18-4-2-1-3-5-18)27(38)30-22-10-6-19(7-11-22)15-26(36)37/h1-7,9-12,16-17,23H,8,13-15H2,(H,30,38)(H,31,35)(H,36,37)/t23-/m0/s1. The maximum absolute atomic E-state index is 13.2. The van der Waals surface area contributed by atoms with E-state index in [9.17, 15) is 14.4 Å². The predicted molar refractivity (Wildman–Crippen MR) is 141 cm³/mol. The number of aromatic nitrogens is 4. The number of hydrogen-bond donors (Lipinski definition) is 3. The van der Waals surface area contributed by atoms with Gasteiger partial charge in [0.2, 0.25) is 11.8 Å². The summed E-state index contributed by atoms with van der Waals surface area (Å²) in [5.41, 5.74) is 3.50. The number of aryl methyl sites for hydroxylation is 1. The first-order valence-corrected chi connectivity index (χ1v) is 12.2. The molecule has 0 bridgehead atoms. The van der Waals surface area contributed by atoms with Gasteiger partial charge in [0.15, 0.2) is 0 Å². The Morgan fingerprint density at radius 1 is 0.974 bits per heavy atom. The molecule has 194 valence electrons. The van der Waals surface area contributed by atoms with Crippen LogP contribution in [-0.4, -0.2) is 49.1 Å². The van der Waals surface area contributed by atoms with E-state index in [1.165, 1.54) is 11.0 Å². The molecule has 11 heteroatoms. The number of benzene rings is 3. The number of carbonyl (C=O) groups is 3. The number of aliphatic carboxylic acids is 1. The van der Waals surface area contributed by atoms with Crippen LogP contribution in [0.4, 0.5) is 5.69 Å². The Balaban J connectivity index is 1.44. The molecule has 0 saturated carbocycles. The Morgan fingerprint density at radius 2 is 1.74 bits per heavy atom. The molecule has 0 unspecified atom stereocenters. The van der Waals surface area contributed by atoms with E-state index in [1.54, 1.807) is 42.5 Å². The van der Waals surface area contributed by atoms with Gasteiger partial charge in [0.1, 0.15) is 12.4 Å². The number of halogens is 1. The second kappa shape index (κ2) is 12.6. The van der Waals surface area contributed by atoms with Crippen molar-refractivity contribution >= 4 is 35.1 Å². The lowest BCUT2D eigenvalue weighted by atomic mass is 10.0. The summed E-state index contributed by atoms with van der Waals surface area (Å²) in [6.07, 6.45) is 2.11. The quantitative estimate of drug-likeness (QED) is 0.269. The fourth-order valence-electron chi connectivity index (χ4n) is 3.93. The summed E-state index contributed by atoms with van der Waals surface area (Å²) >= 11 is 6.18. The van der Waals surface area contributed by atoms with Gasteiger partial charge in [-0.1, -0.05) is 54.1 Å². The van der Waals surface area contributed by atoms with E-state index in [1.807, 2.05) is 30.3 Å². The molecule has 3 aromatic carbocycles. The van der Waals surface area contributed by atoms with Crippen LogP contribution < -0.4 is 10.6 Å². The lowest BCUT2D eigenvalue weighted by Gasteiger charge is -2.19. The van der Waals surface area contributed by atoms with Crippen molar-refractivity contribution in [2.24, 2.45) is 0 Å². The number of anilines is 1. The Morgan fingerprint density at radius 3 is 2.42 bits per heavy atom. The molecule has 4 rings (SSSR count). The monoisotopic (exact) mass is 532 g/mol. The fraction of sp³-hybridized carbons (Fsp3) is 0.185. The summed E-state index contributed by atoms with van der Waals surface area (Å²) < 4.78 is 1.50. The number of carboxylic acid groups (broad SMARTS) is 1. The first kappa shape index (κ1) is 26.5. The third kappa shape index (κ3) is 7.47. The van der Waals surface area contributed by atoms with Crippen LogP contribution in [0.25, 0.3) is 5.69 Å². The van der Waals surface area contributed by atoms with E-state index < -0.39 is 12.0 Å². The molecular weight excluding hydrogens is 508 g/mol. The number of rotatable bonds is 11. The molecule has 0 saturated heterocycles. The topological polar surface area (TPSA) is 139 Å². The van der Waals surface area contributed by atoms with Gasteiger partial charge in [-0.05, 0) is 63.9 Å². The second-order valence-corrected chi connectivity index (χ2v) is 9.03. The molecule has 2 amide bonds. The van der Waals surface area contributed by atoms with Crippen LogP contribution >= 0.6 is 11.6 Å². The first-order chi connectivity index (χ1) is 18.4. The lowest BCUT2D eigenvalue weighted by molar-refractivity contribution is -0.136. The lowest BCUT2D eigenvalue weighted by Crippen LogP contribution is -2.45. The Bertz CT molecular complexity index is 1400. The molecule has 0 aliphatic heterocycles. The highest BCUT2D eigenvalue weighted by atomic mass is 35.5. The Labute approximate surface area is 223 Å². The van der Waals surface area contributed by atoms with Gasteiger partial charge < -0.3 is 15.7 Å². The normalized spacial score (nSPS) is 11.5. The second-order valence-electron chi connectivity index (χ2n) is 8.59. The summed E-state index contributed by atoms with van der Waals surface area (Å²) in [6.45, 7) is 0. The highest BCUT2D eigenvalue weighted by Crippen LogP contribution is 2.20. The van der Waals surface area contributed by atoms with E-state index in [0.717, 1.165) is 11.1 Å². The molecule has 0 spiro atoms. The van der Waals surface area contributed by atoms with Crippen LogP contribution in [-0.2, 0) is 33.6 Å². The molecule has 0 aliphatic carbocycles. The Kier molecular flexibility index (Phi) is 8.78. The summed E-state index contributed by atoms with van der Waals surface area (Å²) in [5.74, 6) is -1.62. The molecule has 10 nitrogen and oxygen atoms in total. The van der Waals surface area contributed by atoms with Gasteiger partial charge in [-0.15, -0.1) is 5.10 Å². The van der Waals surface area contributed by atoms with E-state index in [-0.39, 0.29) is 24.7 Å². The van der Waals surface area contributed by atoms with Gasteiger partial charge in [-0.2, -0.15) is 0 Å². The third-order valence-corrected chi connectivity index (χ3v) is 6.01. The predicted octanol–water partition coefficient (Wildman–Crippen LogP) is 3.24. The molecule has 3 N–H and O–H groups in total. The number of nitrogens with zero attached hydrogens (tertiary/aromatic N) is 4. The summed E-state index contributed by atoms with van der Waals surface area (Å²) in [7, 11) is 0. The van der Waals surface area contributed by atoms with Crippen LogP contribution in [0.1, 0.15) is 23.1 Å². The van der Waals surface area contributed by atoms with Crippen LogP contribution in [0.2, 0.25) is 5.02 Å². The molecule has 1 heterocycles. The molecule has 1 atom stereocenters. The SMILES string of the molecule is O=C(O)Cc1ccc(NC(=O)[C@H](Cc2ccccc2)NC(=O)CCc2cc(Cl)ccc2-n2cnnn2)cc1. The molecule has 0 fully saturated rings. The van der Waals surface area contributed by atoms with Gasteiger partial charge in [0.25, 0.3) is 0 Å². The molecule has 38 heavy (non-hydrogen) atoms. The van der Waals surface area contributed by atoms with Gasteiger partial charge in [0.05, 0.1) is 12.1 Å². The van der Waals surface area contributed by atoms with Gasteiger partial charge in [-0.3, -0.25) is 14.4 Å². The largest absolute Gasteiger partial charge is 0.481 e. The maximum atomic E-state index is 13.2. The van der Waals surface area contributed by atoms with Crippen LogP contribution in [0.3, 0.4) is 0 Å². The number of hydrogen-bond acceptors (Lipinski definition) is 6. The van der Waals surface area contributed by atoms with E-state index >= 15 is 0 Å². The van der Waals surface area contributed by atoms with Crippen molar-refractivity contribution in [1.29, 1.82) is 0 Å². The van der Waals surface area contributed by atoms with Gasteiger partial charge in [-0.25, -0.2) is 4.68 Å². The minimum absolute atomic E-state index is 0.108. The van der Waals surface area contributed by atoms with Gasteiger partial charge in [0, 0.05) is 23.6 Å². The van der Waals surface area contributed by atoms with Crippen molar-refractivity contribution < 1.29 is 19.5 Å². The Hall–Kier alpha value is -4.57. The minimum atomic E-state index is -0.935. The zero-order valence-electron chi connectivity index (χ0n) is 20.3. The molecule has 4 aromatic rings. The zero-order chi connectivity index (χ0) is 26.9. The average molecular weight is 533 g/mol. The van der Waals surface area contributed by atoms with Crippen molar-refractivity contribution in [3.63, 3.8) is 0 Å². The van der Waals surface area contributed by atoms with Crippen molar-refractivity contribution in [2.75, 3.05) is 5.32 Å². The van der Waals surface area contributed by atoms with Crippen molar-refractivity contribution in [2.45, 2.75) is 31.7 Å². The van der Waals surface area contributed by atoms with Crippen molar-refractivity contribution in [3.8, 4) is 5.69 Å². The smallest absolute Gasteiger partial charge is 0.307 e. The molecule has 0 aliphatic rings. The van der Waals surface area contributed by atoms with Crippen molar-refractivity contribution in [3.05, 3.63) is 101 Å². The van der Waals surface area contributed by atoms with Crippen molar-refractivity contribution in [1.82, 2.24) is 25.5 Å². The van der Waals surface area contributed by atoms with Gasteiger partial charge >= 0.3 is 5.97 Å². The van der Waals surface area contributed by atoms with Crippen LogP contribution in [0, 0.1) is 0 Å². The summed E-state index contributed by atoms with van der Waals surface area (Å²) in [4.78, 5) is 37.1. The number of nitrogens with one attached hydrogen (secondary N) is 2. The van der Waals surface area contributed by atoms with Crippen LogP contribution in [0.15, 0.2) is 79.1 Å². The first-order valence-electron chi connectivity index (χ1n) is 11.8. The van der Waals surface area contributed by atoms with E-state index in [0.29, 0.717) is 34.8 Å². The number of tetrazole rings is 1. The fourth-order valence-corrected chi connectivity index (χ4v) is 4.13. The number of carboxylic acids is 1. The zero-order valence-corrected chi connectivity index (χ0v) is 21.0. The summed E-state index contributed by atoms with van der Waals surface area (Å²) in [5, 5.41) is 26.4. The third-order valence-electron chi connectivity index (χ3n) is 5.77. The molecule has 1 aromatic heterocycles. The summed E-state index contributed by atoms with van der Waals surface area (Å²) in [6, 6.07) is 20.4.